The minimum Gasteiger partial charge on any atom is -0.315 e. The fourth-order valence-electron chi connectivity index (χ4n) is 2.60. The fraction of sp³-hybridized carbons (Fsp3) is 0.368. The highest BCUT2D eigenvalue weighted by molar-refractivity contribution is 5.20. The second-order valence-corrected chi connectivity index (χ2v) is 5.53. The Bertz CT molecular complexity index is 495. The number of benzene rings is 2. The normalized spacial score (nSPS) is 12.5. The molecule has 1 atom stereocenters. The lowest BCUT2D eigenvalue weighted by Crippen LogP contribution is -2.33. The van der Waals surface area contributed by atoms with Crippen LogP contribution in [0.25, 0.3) is 0 Å². The molecule has 2 heteroatoms. The van der Waals surface area contributed by atoms with Crippen LogP contribution in [0.5, 0.6) is 0 Å². The molecule has 21 heavy (non-hydrogen) atoms. The molecule has 1 unspecified atom stereocenters. The van der Waals surface area contributed by atoms with Crippen LogP contribution < -0.4 is 5.32 Å². The summed E-state index contributed by atoms with van der Waals surface area (Å²) in [5.41, 5.74) is 2.73. The number of hydrogen-bond acceptors (Lipinski definition) is 2. The second kappa shape index (κ2) is 8.60. The van der Waals surface area contributed by atoms with Crippen LogP contribution in [0.1, 0.15) is 30.5 Å². The van der Waals surface area contributed by atoms with Crippen molar-refractivity contribution in [1.29, 1.82) is 0 Å². The summed E-state index contributed by atoms with van der Waals surface area (Å²) in [5, 5.41) is 3.56. The Kier molecular flexibility index (Phi) is 6.45. The van der Waals surface area contributed by atoms with Crippen molar-refractivity contribution in [2.75, 3.05) is 20.1 Å². The highest BCUT2D eigenvalue weighted by atomic mass is 15.1. The molecule has 0 aromatic heterocycles. The molecule has 0 heterocycles. The molecule has 2 aromatic carbocycles. The van der Waals surface area contributed by atoms with E-state index in [2.05, 4.69) is 84.9 Å². The first-order valence-corrected chi connectivity index (χ1v) is 7.81. The average Bonchev–Trinajstić information content (AvgIpc) is 2.53. The summed E-state index contributed by atoms with van der Waals surface area (Å²) in [6, 6.07) is 21.8. The number of nitrogens with one attached hydrogen (secondary N) is 1. The summed E-state index contributed by atoms with van der Waals surface area (Å²) < 4.78 is 0. The fourth-order valence-corrected chi connectivity index (χ4v) is 2.60. The maximum Gasteiger partial charge on any atom is 0.0473 e. The van der Waals surface area contributed by atoms with Gasteiger partial charge in [-0.3, -0.25) is 4.90 Å². The zero-order valence-electron chi connectivity index (χ0n) is 13.1. The standard InChI is InChI=1S/C19H26N2/c1-3-14-20-15-19(18-12-8-5-9-13-18)21(2)16-17-10-6-4-7-11-17/h4-13,19-20H,3,14-16H2,1-2H3. The number of nitrogens with zero attached hydrogens (tertiary/aromatic N) is 1. The summed E-state index contributed by atoms with van der Waals surface area (Å²) in [7, 11) is 2.21. The van der Waals surface area contributed by atoms with E-state index in [-0.39, 0.29) is 0 Å². The molecular formula is C19H26N2. The van der Waals surface area contributed by atoms with E-state index in [0.717, 1.165) is 19.6 Å². The molecule has 2 aromatic rings. The Morgan fingerprint density at radius 2 is 1.57 bits per heavy atom. The molecule has 0 amide bonds. The van der Waals surface area contributed by atoms with Gasteiger partial charge in [-0.2, -0.15) is 0 Å². The van der Waals surface area contributed by atoms with E-state index in [4.69, 9.17) is 0 Å². The van der Waals surface area contributed by atoms with Crippen molar-refractivity contribution in [3.63, 3.8) is 0 Å². The predicted molar refractivity (Wildman–Crippen MR) is 90.3 cm³/mol. The SMILES string of the molecule is CCCNCC(c1ccccc1)N(C)Cc1ccccc1. The van der Waals surface area contributed by atoms with Gasteiger partial charge in [0.1, 0.15) is 0 Å². The summed E-state index contributed by atoms with van der Waals surface area (Å²) in [6.07, 6.45) is 1.17. The van der Waals surface area contributed by atoms with E-state index in [9.17, 15) is 0 Å². The van der Waals surface area contributed by atoms with Gasteiger partial charge in [0.25, 0.3) is 0 Å². The molecule has 0 radical (unpaired) electrons. The number of hydrogen-bond donors (Lipinski definition) is 1. The molecule has 0 fully saturated rings. The van der Waals surface area contributed by atoms with Gasteiger partial charge in [-0.25, -0.2) is 0 Å². The monoisotopic (exact) mass is 282 g/mol. The Morgan fingerprint density at radius 3 is 2.19 bits per heavy atom. The van der Waals surface area contributed by atoms with Crippen molar-refractivity contribution in [3.8, 4) is 0 Å². The van der Waals surface area contributed by atoms with E-state index >= 15 is 0 Å². The third kappa shape index (κ3) is 5.00. The zero-order valence-corrected chi connectivity index (χ0v) is 13.1. The molecule has 0 aliphatic heterocycles. The smallest absolute Gasteiger partial charge is 0.0473 e. The van der Waals surface area contributed by atoms with Crippen LogP contribution in [-0.2, 0) is 6.54 Å². The van der Waals surface area contributed by atoms with Gasteiger partial charge in [0.2, 0.25) is 0 Å². The lowest BCUT2D eigenvalue weighted by molar-refractivity contribution is 0.230. The molecule has 0 aliphatic rings. The average molecular weight is 282 g/mol. The van der Waals surface area contributed by atoms with Gasteiger partial charge >= 0.3 is 0 Å². The Balaban J connectivity index is 2.07. The first-order chi connectivity index (χ1) is 10.3. The third-order valence-electron chi connectivity index (χ3n) is 3.76. The van der Waals surface area contributed by atoms with E-state index in [1.807, 2.05) is 0 Å². The number of likely N-dealkylation sites (N-methyl/N-ethyl adjacent to an activating group) is 1. The van der Waals surface area contributed by atoms with Gasteiger partial charge in [0.05, 0.1) is 0 Å². The van der Waals surface area contributed by atoms with Crippen LogP contribution in [-0.4, -0.2) is 25.0 Å². The first kappa shape index (κ1) is 15.7. The highest BCUT2D eigenvalue weighted by Crippen LogP contribution is 2.20. The van der Waals surface area contributed by atoms with Gasteiger partial charge < -0.3 is 5.32 Å². The Hall–Kier alpha value is -1.64. The summed E-state index contributed by atoms with van der Waals surface area (Å²) >= 11 is 0. The van der Waals surface area contributed by atoms with Crippen molar-refractivity contribution >= 4 is 0 Å². The summed E-state index contributed by atoms with van der Waals surface area (Å²) in [5.74, 6) is 0. The largest absolute Gasteiger partial charge is 0.315 e. The van der Waals surface area contributed by atoms with Gasteiger partial charge in [-0.05, 0) is 31.1 Å². The molecule has 2 nitrogen and oxygen atoms in total. The zero-order chi connectivity index (χ0) is 14.9. The van der Waals surface area contributed by atoms with Crippen molar-refractivity contribution < 1.29 is 0 Å². The second-order valence-electron chi connectivity index (χ2n) is 5.53. The van der Waals surface area contributed by atoms with Crippen molar-refractivity contribution in [1.82, 2.24) is 10.2 Å². The van der Waals surface area contributed by atoms with E-state index in [1.165, 1.54) is 17.5 Å². The van der Waals surface area contributed by atoms with Crippen LogP contribution in [0.15, 0.2) is 60.7 Å². The maximum atomic E-state index is 3.56. The van der Waals surface area contributed by atoms with Crippen molar-refractivity contribution in [2.24, 2.45) is 0 Å². The maximum absolute atomic E-state index is 3.56. The van der Waals surface area contributed by atoms with Crippen LogP contribution in [0.2, 0.25) is 0 Å². The molecule has 112 valence electrons. The van der Waals surface area contributed by atoms with Crippen molar-refractivity contribution in [2.45, 2.75) is 25.9 Å². The van der Waals surface area contributed by atoms with E-state index in [1.54, 1.807) is 0 Å². The Morgan fingerprint density at radius 1 is 0.952 bits per heavy atom. The molecule has 0 spiro atoms. The lowest BCUT2D eigenvalue weighted by atomic mass is 10.0. The van der Waals surface area contributed by atoms with Crippen LogP contribution in [0.3, 0.4) is 0 Å². The molecule has 0 saturated heterocycles. The van der Waals surface area contributed by atoms with E-state index < -0.39 is 0 Å². The highest BCUT2D eigenvalue weighted by Gasteiger charge is 2.16. The quantitative estimate of drug-likeness (QED) is 0.740. The molecule has 1 N–H and O–H groups in total. The Labute approximate surface area is 128 Å². The van der Waals surface area contributed by atoms with Crippen LogP contribution >= 0.6 is 0 Å². The van der Waals surface area contributed by atoms with Gasteiger partial charge in [0.15, 0.2) is 0 Å². The predicted octanol–water partition coefficient (Wildman–Crippen LogP) is 3.86. The number of rotatable bonds is 8. The molecule has 2 rings (SSSR count). The van der Waals surface area contributed by atoms with Gasteiger partial charge in [0, 0.05) is 19.1 Å². The lowest BCUT2D eigenvalue weighted by Gasteiger charge is -2.29. The minimum atomic E-state index is 0.401. The molecule has 0 saturated carbocycles. The van der Waals surface area contributed by atoms with Crippen LogP contribution in [0, 0.1) is 0 Å². The first-order valence-electron chi connectivity index (χ1n) is 7.81. The van der Waals surface area contributed by atoms with Gasteiger partial charge in [-0.15, -0.1) is 0 Å². The minimum absolute atomic E-state index is 0.401. The molecule has 0 aliphatic carbocycles. The molecular weight excluding hydrogens is 256 g/mol. The van der Waals surface area contributed by atoms with Gasteiger partial charge in [-0.1, -0.05) is 67.6 Å². The summed E-state index contributed by atoms with van der Waals surface area (Å²) in [6.45, 7) is 5.23. The van der Waals surface area contributed by atoms with E-state index in [0.29, 0.717) is 6.04 Å². The van der Waals surface area contributed by atoms with Crippen molar-refractivity contribution in [3.05, 3.63) is 71.8 Å². The topological polar surface area (TPSA) is 15.3 Å². The van der Waals surface area contributed by atoms with Crippen LogP contribution in [0.4, 0.5) is 0 Å². The third-order valence-corrected chi connectivity index (χ3v) is 3.76. The summed E-state index contributed by atoms with van der Waals surface area (Å²) in [4.78, 5) is 2.42. The molecule has 0 bridgehead atoms.